The molecule has 0 bridgehead atoms. The zero-order valence-electron chi connectivity index (χ0n) is 15.4. The quantitative estimate of drug-likeness (QED) is 0.529. The fourth-order valence-corrected chi connectivity index (χ4v) is 3.17. The molecule has 7 heteroatoms. The van der Waals surface area contributed by atoms with Crippen LogP contribution in [0.15, 0.2) is 48.5 Å². The second kappa shape index (κ2) is 10.4. The van der Waals surface area contributed by atoms with Crippen molar-refractivity contribution in [3.05, 3.63) is 59.7 Å². The summed E-state index contributed by atoms with van der Waals surface area (Å²) >= 11 is 0. The third-order valence-electron chi connectivity index (χ3n) is 4.58. The van der Waals surface area contributed by atoms with E-state index in [2.05, 4.69) is 28.4 Å². The number of nitrogens with zero attached hydrogens (tertiary/aromatic N) is 1. The standard InChI is InChI=1S/C20H22N2O4.K/c23-13-16(11-19(24)25)20(26)21-17-7-5-14(6-8-17)12-22-10-9-15-3-1-2-4-18(15)22;/h1-8,16,23H,9-13H2,(H,21,26)(H,24,25);/q;+1/p-1. The van der Waals surface area contributed by atoms with Gasteiger partial charge in [0.25, 0.3) is 0 Å². The summed E-state index contributed by atoms with van der Waals surface area (Å²) in [7, 11) is 0. The molecule has 1 aliphatic heterocycles. The van der Waals surface area contributed by atoms with Crippen molar-refractivity contribution in [3.63, 3.8) is 0 Å². The van der Waals surface area contributed by atoms with E-state index in [1.54, 1.807) is 12.1 Å². The molecule has 27 heavy (non-hydrogen) atoms. The largest absolute Gasteiger partial charge is 1.00 e. The minimum atomic E-state index is -1.36. The van der Waals surface area contributed by atoms with Gasteiger partial charge in [-0.3, -0.25) is 4.79 Å². The molecule has 1 aliphatic rings. The van der Waals surface area contributed by atoms with E-state index in [1.807, 2.05) is 18.2 Å². The molecule has 0 fully saturated rings. The van der Waals surface area contributed by atoms with Crippen molar-refractivity contribution in [1.82, 2.24) is 0 Å². The van der Waals surface area contributed by atoms with Gasteiger partial charge in [0.2, 0.25) is 5.91 Å². The Bertz CT molecular complexity index is 795. The summed E-state index contributed by atoms with van der Waals surface area (Å²) in [6.45, 7) is 1.24. The van der Waals surface area contributed by atoms with Crippen molar-refractivity contribution in [2.45, 2.75) is 19.4 Å². The van der Waals surface area contributed by atoms with Crippen LogP contribution in [-0.4, -0.2) is 30.1 Å². The number of aliphatic carboxylic acids is 1. The average Bonchev–Trinajstić information content (AvgIpc) is 3.04. The Labute approximate surface area is 201 Å². The number of carbonyl (C=O) groups is 2. The number of para-hydroxylation sites is 1. The number of aliphatic hydroxyl groups excluding tert-OH is 1. The van der Waals surface area contributed by atoms with Gasteiger partial charge >= 0.3 is 51.4 Å². The van der Waals surface area contributed by atoms with E-state index in [1.165, 1.54) is 11.3 Å². The molecule has 0 spiro atoms. The van der Waals surface area contributed by atoms with Crippen molar-refractivity contribution in [1.29, 1.82) is 0 Å². The molecule has 136 valence electrons. The van der Waals surface area contributed by atoms with Gasteiger partial charge in [-0.15, -0.1) is 0 Å². The summed E-state index contributed by atoms with van der Waals surface area (Å²) in [6, 6.07) is 15.8. The fourth-order valence-electron chi connectivity index (χ4n) is 3.17. The molecular formula is C20H21KN2O4. The second-order valence-corrected chi connectivity index (χ2v) is 6.44. The van der Waals surface area contributed by atoms with E-state index in [9.17, 15) is 14.7 Å². The van der Waals surface area contributed by atoms with Crippen molar-refractivity contribution in [2.75, 3.05) is 23.4 Å². The van der Waals surface area contributed by atoms with Crippen LogP contribution in [0.5, 0.6) is 0 Å². The number of amides is 1. The number of carbonyl (C=O) groups excluding carboxylic acids is 2. The van der Waals surface area contributed by atoms with Crippen LogP contribution >= 0.6 is 0 Å². The van der Waals surface area contributed by atoms with Crippen molar-refractivity contribution in [2.24, 2.45) is 5.92 Å². The Kier molecular flexibility index (Phi) is 8.46. The van der Waals surface area contributed by atoms with Crippen LogP contribution < -0.4 is 66.7 Å². The summed E-state index contributed by atoms with van der Waals surface area (Å²) in [5.41, 5.74) is 4.31. The van der Waals surface area contributed by atoms with E-state index < -0.39 is 30.8 Å². The van der Waals surface area contributed by atoms with Crippen molar-refractivity contribution < 1.29 is 71.2 Å². The Hall–Kier alpha value is -1.22. The Morgan fingerprint density at radius 3 is 2.52 bits per heavy atom. The van der Waals surface area contributed by atoms with E-state index in [-0.39, 0.29) is 51.4 Å². The Morgan fingerprint density at radius 2 is 1.85 bits per heavy atom. The van der Waals surface area contributed by atoms with E-state index in [0.29, 0.717) is 5.69 Å². The summed E-state index contributed by atoms with van der Waals surface area (Å²) < 4.78 is 0. The molecular weight excluding hydrogens is 371 g/mol. The third-order valence-corrected chi connectivity index (χ3v) is 4.58. The number of aliphatic hydroxyl groups is 1. The van der Waals surface area contributed by atoms with Crippen LogP contribution in [0.25, 0.3) is 0 Å². The first-order chi connectivity index (χ1) is 12.6. The van der Waals surface area contributed by atoms with Gasteiger partial charge in [0.05, 0.1) is 12.5 Å². The summed E-state index contributed by atoms with van der Waals surface area (Å²) in [4.78, 5) is 24.9. The molecule has 0 aliphatic carbocycles. The maximum absolute atomic E-state index is 12.0. The number of rotatable bonds is 7. The third kappa shape index (κ3) is 5.87. The van der Waals surface area contributed by atoms with Gasteiger partial charge in [-0.1, -0.05) is 30.3 Å². The molecule has 6 nitrogen and oxygen atoms in total. The molecule has 3 rings (SSSR count). The first-order valence-electron chi connectivity index (χ1n) is 8.60. The van der Waals surface area contributed by atoms with Crippen LogP contribution in [0.2, 0.25) is 0 Å². The minimum absolute atomic E-state index is 0. The second-order valence-electron chi connectivity index (χ2n) is 6.44. The number of carboxylic acid groups (broad SMARTS) is 1. The zero-order chi connectivity index (χ0) is 18.5. The van der Waals surface area contributed by atoms with Crippen molar-refractivity contribution >= 4 is 23.3 Å². The predicted molar refractivity (Wildman–Crippen MR) is 96.5 cm³/mol. The topological polar surface area (TPSA) is 92.7 Å². The first kappa shape index (κ1) is 22.1. The van der Waals surface area contributed by atoms with Crippen molar-refractivity contribution in [3.8, 4) is 0 Å². The summed E-state index contributed by atoms with van der Waals surface area (Å²) in [5.74, 6) is -2.90. The Balaban J connectivity index is 0.00000261. The number of fused-ring (bicyclic) bond motifs is 1. The van der Waals surface area contributed by atoms with E-state index in [0.717, 1.165) is 25.1 Å². The molecule has 0 saturated carbocycles. The monoisotopic (exact) mass is 392 g/mol. The first-order valence-corrected chi connectivity index (χ1v) is 8.60. The number of hydrogen-bond donors (Lipinski definition) is 2. The molecule has 2 aromatic rings. The number of anilines is 2. The van der Waals surface area contributed by atoms with Crippen LogP contribution in [0.4, 0.5) is 11.4 Å². The predicted octanol–water partition coefficient (Wildman–Crippen LogP) is -2.06. The SMILES string of the molecule is O=C([O-])CC(CO)C(=O)Nc1ccc(CN2CCc3ccccc32)cc1.[K+]. The maximum Gasteiger partial charge on any atom is 1.00 e. The zero-order valence-corrected chi connectivity index (χ0v) is 18.5. The van der Waals surface area contributed by atoms with Gasteiger partial charge in [-0.05, 0) is 35.7 Å². The van der Waals surface area contributed by atoms with E-state index >= 15 is 0 Å². The molecule has 2 aromatic carbocycles. The van der Waals surface area contributed by atoms with Gasteiger partial charge in [0.1, 0.15) is 0 Å². The summed E-state index contributed by atoms with van der Waals surface area (Å²) in [6.07, 6.45) is 0.542. The van der Waals surface area contributed by atoms with Gasteiger partial charge in [0.15, 0.2) is 0 Å². The van der Waals surface area contributed by atoms with Crippen LogP contribution in [0, 0.1) is 5.92 Å². The number of hydrogen-bond acceptors (Lipinski definition) is 5. The minimum Gasteiger partial charge on any atom is -0.550 e. The molecule has 0 saturated heterocycles. The van der Waals surface area contributed by atoms with Crippen LogP contribution in [0.3, 0.4) is 0 Å². The molecule has 1 unspecified atom stereocenters. The van der Waals surface area contributed by atoms with E-state index in [4.69, 9.17) is 5.11 Å². The molecule has 0 aromatic heterocycles. The summed E-state index contributed by atoms with van der Waals surface area (Å²) in [5, 5.41) is 22.4. The molecule has 1 amide bonds. The van der Waals surface area contributed by atoms with Gasteiger partial charge < -0.3 is 25.2 Å². The number of carboxylic acids is 1. The molecule has 1 atom stereocenters. The molecule has 2 N–H and O–H groups in total. The van der Waals surface area contributed by atoms with Crippen LogP contribution in [0.1, 0.15) is 17.5 Å². The molecule has 1 heterocycles. The van der Waals surface area contributed by atoms with Gasteiger partial charge in [-0.25, -0.2) is 0 Å². The fraction of sp³-hybridized carbons (Fsp3) is 0.300. The number of benzene rings is 2. The molecule has 0 radical (unpaired) electrons. The van der Waals surface area contributed by atoms with Gasteiger partial charge in [-0.2, -0.15) is 0 Å². The smallest absolute Gasteiger partial charge is 0.550 e. The average molecular weight is 392 g/mol. The normalized spacial score (nSPS) is 13.4. The Morgan fingerprint density at radius 1 is 1.15 bits per heavy atom. The maximum atomic E-state index is 12.0. The van der Waals surface area contributed by atoms with Crippen LogP contribution in [-0.2, 0) is 22.6 Å². The number of nitrogens with one attached hydrogen (secondary N) is 1. The van der Waals surface area contributed by atoms with Gasteiger partial charge in [0, 0.05) is 36.9 Å².